The lowest BCUT2D eigenvalue weighted by Gasteiger charge is -2.22. The summed E-state index contributed by atoms with van der Waals surface area (Å²) < 4.78 is 0. The van der Waals surface area contributed by atoms with E-state index in [4.69, 9.17) is 5.11 Å². The summed E-state index contributed by atoms with van der Waals surface area (Å²) >= 11 is 1.51. The Morgan fingerprint density at radius 3 is 2.88 bits per heavy atom. The van der Waals surface area contributed by atoms with Gasteiger partial charge in [0.2, 0.25) is 11.8 Å². The zero-order valence-electron chi connectivity index (χ0n) is 9.53. The van der Waals surface area contributed by atoms with Gasteiger partial charge < -0.3 is 15.7 Å². The highest BCUT2D eigenvalue weighted by Crippen LogP contribution is 2.12. The smallest absolute Gasteiger partial charge is 0.242 e. The van der Waals surface area contributed by atoms with Gasteiger partial charge in [0.1, 0.15) is 6.04 Å². The second kappa shape index (κ2) is 6.10. The lowest BCUT2D eigenvalue weighted by molar-refractivity contribution is -0.126. The summed E-state index contributed by atoms with van der Waals surface area (Å²) in [6, 6.07) is -0.513. The van der Waals surface area contributed by atoms with Gasteiger partial charge in [0.25, 0.3) is 0 Å². The van der Waals surface area contributed by atoms with Crippen LogP contribution in [0.4, 0.5) is 0 Å². The Bertz CT molecular complexity index is 269. The number of carbonyl (C=O) groups excluding carboxylic acids is 2. The van der Waals surface area contributed by atoms with Gasteiger partial charge in [-0.25, -0.2) is 0 Å². The van der Waals surface area contributed by atoms with Crippen molar-refractivity contribution in [2.75, 3.05) is 12.9 Å². The molecule has 0 bridgehead atoms. The van der Waals surface area contributed by atoms with Crippen LogP contribution in [0.2, 0.25) is 0 Å². The van der Waals surface area contributed by atoms with Crippen molar-refractivity contribution >= 4 is 23.6 Å². The molecule has 0 spiro atoms. The van der Waals surface area contributed by atoms with Crippen LogP contribution in [0.3, 0.4) is 0 Å². The van der Waals surface area contributed by atoms with Crippen molar-refractivity contribution in [2.24, 2.45) is 0 Å². The maximum atomic E-state index is 11.7. The molecule has 92 valence electrons. The zero-order valence-corrected chi connectivity index (χ0v) is 10.3. The summed E-state index contributed by atoms with van der Waals surface area (Å²) in [5.74, 6) is -0.234. The first-order valence-corrected chi connectivity index (χ1v) is 6.60. The predicted octanol–water partition coefficient (Wildman–Crippen LogP) is -0.506. The van der Waals surface area contributed by atoms with E-state index in [2.05, 4.69) is 10.6 Å². The summed E-state index contributed by atoms with van der Waals surface area (Å²) in [5, 5.41) is 14.5. The van der Waals surface area contributed by atoms with E-state index in [0.29, 0.717) is 12.8 Å². The number of hydrogen-bond acceptors (Lipinski definition) is 4. The Labute approximate surface area is 99.4 Å². The largest absolute Gasteiger partial charge is 0.395 e. The summed E-state index contributed by atoms with van der Waals surface area (Å²) in [4.78, 5) is 22.7. The minimum Gasteiger partial charge on any atom is -0.395 e. The first-order chi connectivity index (χ1) is 7.58. The lowest BCUT2D eigenvalue weighted by Crippen LogP contribution is -2.48. The minimum atomic E-state index is -0.406. The van der Waals surface area contributed by atoms with Crippen LogP contribution in [0.5, 0.6) is 0 Å². The van der Waals surface area contributed by atoms with Gasteiger partial charge in [0.05, 0.1) is 6.61 Å². The second-order valence-electron chi connectivity index (χ2n) is 3.91. The Balaban J connectivity index is 2.41. The summed E-state index contributed by atoms with van der Waals surface area (Å²) in [7, 11) is 0. The molecule has 0 radical (unpaired) electrons. The molecule has 0 saturated carbocycles. The molecule has 1 fully saturated rings. The highest BCUT2D eigenvalue weighted by Gasteiger charge is 2.29. The molecular formula is C10H18N2O3S. The van der Waals surface area contributed by atoms with Crippen LogP contribution in [-0.2, 0) is 9.59 Å². The van der Waals surface area contributed by atoms with Crippen molar-refractivity contribution in [3.8, 4) is 0 Å². The standard InChI is InChI=1S/C10H18N2O3S/c1-6(8(5-13)16-2)11-10(15)7-3-4-9(14)12-7/h6-8,13H,3-5H2,1-2H3,(H,11,15)(H,12,14)/t6?,7-,8?/m1/s1. The number of carbonyl (C=O) groups is 2. The van der Waals surface area contributed by atoms with Crippen LogP contribution in [-0.4, -0.2) is 47.1 Å². The highest BCUT2D eigenvalue weighted by molar-refractivity contribution is 7.99. The van der Waals surface area contributed by atoms with Crippen molar-refractivity contribution in [1.82, 2.24) is 10.6 Å². The normalized spacial score (nSPS) is 23.7. The lowest BCUT2D eigenvalue weighted by atomic mass is 10.2. The average Bonchev–Trinajstić information content (AvgIpc) is 2.66. The van der Waals surface area contributed by atoms with Crippen molar-refractivity contribution < 1.29 is 14.7 Å². The van der Waals surface area contributed by atoms with Gasteiger partial charge in [-0.1, -0.05) is 0 Å². The molecule has 1 saturated heterocycles. The van der Waals surface area contributed by atoms with Gasteiger partial charge in [-0.3, -0.25) is 9.59 Å². The monoisotopic (exact) mass is 246 g/mol. The molecule has 1 rings (SSSR count). The first kappa shape index (κ1) is 13.3. The van der Waals surface area contributed by atoms with Crippen LogP contribution in [0, 0.1) is 0 Å². The van der Waals surface area contributed by atoms with Gasteiger partial charge in [-0.2, -0.15) is 11.8 Å². The molecule has 3 N–H and O–H groups in total. The molecule has 1 aliphatic rings. The van der Waals surface area contributed by atoms with Gasteiger partial charge in [0.15, 0.2) is 0 Å². The van der Waals surface area contributed by atoms with Gasteiger partial charge in [0, 0.05) is 17.7 Å². The zero-order chi connectivity index (χ0) is 12.1. The van der Waals surface area contributed by atoms with Gasteiger partial charge in [-0.15, -0.1) is 0 Å². The van der Waals surface area contributed by atoms with E-state index in [-0.39, 0.29) is 29.7 Å². The molecule has 0 aliphatic carbocycles. The number of aliphatic hydroxyl groups excluding tert-OH is 1. The topological polar surface area (TPSA) is 78.4 Å². The van der Waals surface area contributed by atoms with Crippen LogP contribution >= 0.6 is 11.8 Å². The Morgan fingerprint density at radius 2 is 2.44 bits per heavy atom. The fourth-order valence-electron chi connectivity index (χ4n) is 1.67. The number of rotatable bonds is 5. The quantitative estimate of drug-likeness (QED) is 0.611. The molecule has 1 aliphatic heterocycles. The van der Waals surface area contributed by atoms with E-state index in [1.165, 1.54) is 11.8 Å². The van der Waals surface area contributed by atoms with E-state index in [1.807, 2.05) is 13.2 Å². The number of hydrogen-bond donors (Lipinski definition) is 3. The number of thioether (sulfide) groups is 1. The second-order valence-corrected chi connectivity index (χ2v) is 4.99. The fraction of sp³-hybridized carbons (Fsp3) is 0.800. The van der Waals surface area contributed by atoms with E-state index < -0.39 is 6.04 Å². The molecule has 0 aromatic heterocycles. The third-order valence-electron chi connectivity index (χ3n) is 2.72. The van der Waals surface area contributed by atoms with Crippen LogP contribution in [0.25, 0.3) is 0 Å². The van der Waals surface area contributed by atoms with Crippen LogP contribution in [0.15, 0.2) is 0 Å². The van der Waals surface area contributed by atoms with Crippen LogP contribution in [0.1, 0.15) is 19.8 Å². The van der Waals surface area contributed by atoms with E-state index in [9.17, 15) is 9.59 Å². The van der Waals surface area contributed by atoms with Gasteiger partial charge >= 0.3 is 0 Å². The van der Waals surface area contributed by atoms with E-state index >= 15 is 0 Å². The van der Waals surface area contributed by atoms with Gasteiger partial charge in [-0.05, 0) is 19.6 Å². The molecule has 2 unspecified atom stereocenters. The molecule has 3 atom stereocenters. The molecule has 0 aromatic carbocycles. The van der Waals surface area contributed by atoms with E-state index in [0.717, 1.165) is 0 Å². The first-order valence-electron chi connectivity index (χ1n) is 5.32. The molecule has 5 nitrogen and oxygen atoms in total. The molecule has 6 heteroatoms. The minimum absolute atomic E-state index is 0.0129. The van der Waals surface area contributed by atoms with Crippen molar-refractivity contribution in [1.29, 1.82) is 0 Å². The van der Waals surface area contributed by atoms with Crippen molar-refractivity contribution in [2.45, 2.75) is 37.1 Å². The molecule has 1 heterocycles. The third kappa shape index (κ3) is 3.38. The SMILES string of the molecule is CSC(CO)C(C)NC(=O)[C@H]1CCC(=O)N1. The molecular weight excluding hydrogens is 228 g/mol. The third-order valence-corrected chi connectivity index (χ3v) is 3.88. The Kier molecular flexibility index (Phi) is 5.08. The summed E-state index contributed by atoms with van der Waals surface area (Å²) in [6.45, 7) is 1.88. The highest BCUT2D eigenvalue weighted by atomic mass is 32.2. The maximum absolute atomic E-state index is 11.7. The average molecular weight is 246 g/mol. The van der Waals surface area contributed by atoms with Crippen molar-refractivity contribution in [3.05, 3.63) is 0 Å². The number of aliphatic hydroxyl groups is 1. The molecule has 2 amide bonds. The fourth-order valence-corrected chi connectivity index (χ4v) is 2.29. The molecule has 16 heavy (non-hydrogen) atoms. The molecule has 0 aromatic rings. The Morgan fingerprint density at radius 1 is 1.75 bits per heavy atom. The number of amides is 2. The van der Waals surface area contributed by atoms with E-state index in [1.54, 1.807) is 0 Å². The summed E-state index contributed by atoms with van der Waals surface area (Å²) in [6.07, 6.45) is 2.86. The maximum Gasteiger partial charge on any atom is 0.242 e. The predicted molar refractivity (Wildman–Crippen MR) is 63.2 cm³/mol. The van der Waals surface area contributed by atoms with Crippen LogP contribution < -0.4 is 10.6 Å². The number of nitrogens with one attached hydrogen (secondary N) is 2. The summed E-state index contributed by atoms with van der Waals surface area (Å²) in [5.41, 5.74) is 0. The van der Waals surface area contributed by atoms with Crippen molar-refractivity contribution in [3.63, 3.8) is 0 Å². The Hall–Kier alpha value is -0.750.